The molecule has 0 saturated carbocycles. The zero-order chi connectivity index (χ0) is 21.5. The molecule has 2 aromatic heterocycles. The first-order valence-electron chi connectivity index (χ1n) is 10.2. The molecule has 0 aliphatic rings. The van der Waals surface area contributed by atoms with Crippen molar-refractivity contribution in [2.24, 2.45) is 0 Å². The molecule has 5 aromatic rings. The number of anilines is 1. The second-order valence-corrected chi connectivity index (χ2v) is 8.97. The van der Waals surface area contributed by atoms with Crippen molar-refractivity contribution in [1.29, 1.82) is 0 Å². The normalized spacial score (nSPS) is 11.3. The molecule has 0 atom stereocenters. The largest absolute Gasteiger partial charge is 0.464 e. The van der Waals surface area contributed by atoms with Crippen LogP contribution in [0.4, 0.5) is 5.69 Å². The van der Waals surface area contributed by atoms with Crippen molar-refractivity contribution < 1.29 is 9.21 Å². The molecule has 154 valence electrons. The van der Waals surface area contributed by atoms with Crippen LogP contribution in [0.1, 0.15) is 22.3 Å². The lowest BCUT2D eigenvalue weighted by Crippen LogP contribution is -2.14. The van der Waals surface area contributed by atoms with Crippen LogP contribution in [0.5, 0.6) is 0 Å². The van der Waals surface area contributed by atoms with E-state index in [0.717, 1.165) is 43.9 Å². The van der Waals surface area contributed by atoms with E-state index in [1.54, 1.807) is 17.6 Å². The number of furan rings is 1. The summed E-state index contributed by atoms with van der Waals surface area (Å²) in [5.74, 6) is -0.0656. The highest BCUT2D eigenvalue weighted by molar-refractivity contribution is 7.21. The van der Waals surface area contributed by atoms with Gasteiger partial charge in [-0.05, 0) is 73.9 Å². The molecule has 0 fully saturated rings. The van der Waals surface area contributed by atoms with Crippen LogP contribution in [0.2, 0.25) is 0 Å². The molecule has 0 aliphatic carbocycles. The van der Waals surface area contributed by atoms with Gasteiger partial charge >= 0.3 is 0 Å². The molecule has 0 radical (unpaired) electrons. The summed E-state index contributed by atoms with van der Waals surface area (Å²) in [5.41, 5.74) is 8.12. The number of rotatable bonds is 4. The van der Waals surface area contributed by atoms with Crippen LogP contribution in [-0.4, -0.2) is 10.9 Å². The van der Waals surface area contributed by atoms with Crippen LogP contribution in [0.3, 0.4) is 0 Å². The van der Waals surface area contributed by atoms with Gasteiger partial charge in [0.2, 0.25) is 5.91 Å². The molecule has 0 unspecified atom stereocenters. The number of thiazole rings is 1. The number of nitrogens with one attached hydrogen (secondary N) is 1. The molecule has 5 heteroatoms. The molecule has 4 nitrogen and oxygen atoms in total. The van der Waals surface area contributed by atoms with Crippen molar-refractivity contribution in [3.05, 3.63) is 83.1 Å². The molecule has 1 N–H and O–H groups in total. The van der Waals surface area contributed by atoms with Gasteiger partial charge in [0, 0.05) is 22.2 Å². The van der Waals surface area contributed by atoms with Crippen LogP contribution in [-0.2, 0) is 11.2 Å². The summed E-state index contributed by atoms with van der Waals surface area (Å²) in [4.78, 5) is 17.3. The van der Waals surface area contributed by atoms with E-state index in [4.69, 9.17) is 9.40 Å². The summed E-state index contributed by atoms with van der Waals surface area (Å²) in [6, 6.07) is 18.2. The first-order chi connectivity index (χ1) is 15.0. The Bertz CT molecular complexity index is 1430. The van der Waals surface area contributed by atoms with E-state index in [0.29, 0.717) is 0 Å². The Balaban J connectivity index is 1.31. The minimum atomic E-state index is -0.0656. The van der Waals surface area contributed by atoms with Crippen LogP contribution < -0.4 is 5.32 Å². The molecule has 2 heterocycles. The van der Waals surface area contributed by atoms with Gasteiger partial charge < -0.3 is 9.73 Å². The zero-order valence-electron chi connectivity index (χ0n) is 17.7. The molecule has 1 amide bonds. The van der Waals surface area contributed by atoms with Crippen molar-refractivity contribution in [1.82, 2.24) is 4.98 Å². The number of carbonyl (C=O) groups excluding carboxylic acids is 1. The molecule has 0 aliphatic heterocycles. The summed E-state index contributed by atoms with van der Waals surface area (Å²) < 4.78 is 6.91. The Labute approximate surface area is 184 Å². The Hall–Kier alpha value is -3.44. The van der Waals surface area contributed by atoms with E-state index in [9.17, 15) is 4.79 Å². The van der Waals surface area contributed by atoms with Crippen molar-refractivity contribution >= 4 is 44.1 Å². The van der Waals surface area contributed by atoms with Gasteiger partial charge in [-0.2, -0.15) is 0 Å². The highest BCUT2D eigenvalue weighted by Gasteiger charge is 2.13. The van der Waals surface area contributed by atoms with Gasteiger partial charge in [-0.15, -0.1) is 11.3 Å². The first-order valence-corrected chi connectivity index (χ1v) is 11.0. The Morgan fingerprint density at radius 3 is 2.65 bits per heavy atom. The highest BCUT2D eigenvalue weighted by Crippen LogP contribution is 2.31. The monoisotopic (exact) mass is 426 g/mol. The van der Waals surface area contributed by atoms with Gasteiger partial charge in [-0.25, -0.2) is 4.98 Å². The van der Waals surface area contributed by atoms with Gasteiger partial charge in [0.1, 0.15) is 10.6 Å². The Kier molecular flexibility index (Phi) is 4.83. The molecular weight excluding hydrogens is 404 g/mol. The van der Waals surface area contributed by atoms with E-state index >= 15 is 0 Å². The molecular formula is C26H22N2O2S. The lowest BCUT2D eigenvalue weighted by molar-refractivity contribution is -0.115. The number of aromatic nitrogens is 1. The van der Waals surface area contributed by atoms with Gasteiger partial charge in [-0.3, -0.25) is 4.79 Å². The molecule has 3 aromatic carbocycles. The molecule has 31 heavy (non-hydrogen) atoms. The number of hydrogen-bond donors (Lipinski definition) is 1. The molecule has 0 saturated heterocycles. The highest BCUT2D eigenvalue weighted by atomic mass is 32.1. The van der Waals surface area contributed by atoms with E-state index in [2.05, 4.69) is 43.4 Å². The third kappa shape index (κ3) is 3.73. The molecule has 0 spiro atoms. The molecule has 0 bridgehead atoms. The number of fused-ring (bicyclic) bond motifs is 2. The second kappa shape index (κ2) is 7.67. The lowest BCUT2D eigenvalue weighted by Gasteiger charge is -2.06. The summed E-state index contributed by atoms with van der Waals surface area (Å²) in [5, 5.41) is 4.97. The predicted octanol–water partition coefficient (Wildman–Crippen LogP) is 6.82. The van der Waals surface area contributed by atoms with Gasteiger partial charge in [0.05, 0.1) is 22.9 Å². The lowest BCUT2D eigenvalue weighted by atomic mass is 10.0. The number of aryl methyl sites for hydroxylation is 3. The quantitative estimate of drug-likeness (QED) is 0.343. The average molecular weight is 427 g/mol. The van der Waals surface area contributed by atoms with Crippen molar-refractivity contribution in [3.8, 4) is 10.6 Å². The van der Waals surface area contributed by atoms with Crippen molar-refractivity contribution in [2.45, 2.75) is 27.2 Å². The molecule has 5 rings (SSSR count). The van der Waals surface area contributed by atoms with Gasteiger partial charge in [0.15, 0.2) is 0 Å². The van der Waals surface area contributed by atoms with Gasteiger partial charge in [0.25, 0.3) is 0 Å². The summed E-state index contributed by atoms with van der Waals surface area (Å²) in [6.07, 6.45) is 1.96. The smallest absolute Gasteiger partial charge is 0.228 e. The SMILES string of the molecule is Cc1ccc2nc(-c3ccc(NC(=O)Cc4coc5c(C)c(C)ccc45)cc3)sc2c1. The fraction of sp³-hybridized carbons (Fsp3) is 0.154. The third-order valence-corrected chi connectivity index (χ3v) is 6.72. The maximum Gasteiger partial charge on any atom is 0.228 e. The van der Waals surface area contributed by atoms with Crippen LogP contribution >= 0.6 is 11.3 Å². The fourth-order valence-corrected chi connectivity index (χ4v) is 4.82. The zero-order valence-corrected chi connectivity index (χ0v) is 18.5. The van der Waals surface area contributed by atoms with E-state index < -0.39 is 0 Å². The number of hydrogen-bond acceptors (Lipinski definition) is 4. The van der Waals surface area contributed by atoms with E-state index in [1.807, 2.05) is 37.3 Å². The van der Waals surface area contributed by atoms with Crippen LogP contribution in [0.15, 0.2) is 65.3 Å². The minimum absolute atomic E-state index is 0.0656. The van der Waals surface area contributed by atoms with Crippen molar-refractivity contribution in [2.75, 3.05) is 5.32 Å². The van der Waals surface area contributed by atoms with Crippen LogP contribution in [0.25, 0.3) is 31.8 Å². The fourth-order valence-electron chi connectivity index (χ4n) is 3.75. The van der Waals surface area contributed by atoms with E-state index in [1.165, 1.54) is 15.8 Å². The summed E-state index contributed by atoms with van der Waals surface area (Å²) in [7, 11) is 0. The first kappa shape index (κ1) is 19.5. The summed E-state index contributed by atoms with van der Waals surface area (Å²) >= 11 is 1.68. The second-order valence-electron chi connectivity index (χ2n) is 7.94. The average Bonchev–Trinajstić information content (AvgIpc) is 3.35. The number of amides is 1. The topological polar surface area (TPSA) is 55.1 Å². The number of carbonyl (C=O) groups is 1. The predicted molar refractivity (Wildman–Crippen MR) is 128 cm³/mol. The van der Waals surface area contributed by atoms with E-state index in [-0.39, 0.29) is 12.3 Å². The Morgan fingerprint density at radius 2 is 1.84 bits per heavy atom. The van der Waals surface area contributed by atoms with Crippen molar-refractivity contribution in [3.63, 3.8) is 0 Å². The maximum absolute atomic E-state index is 12.6. The maximum atomic E-state index is 12.6. The minimum Gasteiger partial charge on any atom is -0.464 e. The third-order valence-electron chi connectivity index (χ3n) is 5.65. The van der Waals surface area contributed by atoms with Crippen LogP contribution in [0, 0.1) is 20.8 Å². The summed E-state index contributed by atoms with van der Waals surface area (Å²) in [6.45, 7) is 6.19. The number of nitrogens with zero attached hydrogens (tertiary/aromatic N) is 1. The Morgan fingerprint density at radius 1 is 1.03 bits per heavy atom. The standard InChI is InChI=1S/C26H22N2O2S/c1-15-4-11-22-23(12-15)31-26(28-22)18-6-8-20(9-7-18)27-24(29)13-19-14-30-25-17(3)16(2)5-10-21(19)25/h4-12,14H,13H2,1-3H3,(H,27,29). The number of benzene rings is 3. The van der Waals surface area contributed by atoms with Gasteiger partial charge in [-0.1, -0.05) is 18.2 Å².